The van der Waals surface area contributed by atoms with Crippen molar-refractivity contribution >= 4 is 33.2 Å². The molecule has 24 heavy (non-hydrogen) atoms. The van der Waals surface area contributed by atoms with Crippen LogP contribution in [0.15, 0.2) is 21.7 Å². The predicted octanol–water partition coefficient (Wildman–Crippen LogP) is 0.544. The largest absolute Gasteiger partial charge is 0.352 e. The molecule has 2 N–H and O–H groups in total. The van der Waals surface area contributed by atoms with Gasteiger partial charge >= 0.3 is 0 Å². The second kappa shape index (κ2) is 7.20. The van der Waals surface area contributed by atoms with Crippen molar-refractivity contribution in [1.82, 2.24) is 14.9 Å². The summed E-state index contributed by atoms with van der Waals surface area (Å²) in [7, 11) is -3.44. The zero-order valence-electron chi connectivity index (χ0n) is 13.2. The molecule has 0 atom stereocenters. The molecule has 7 nitrogen and oxygen atoms in total. The van der Waals surface area contributed by atoms with Crippen molar-refractivity contribution in [2.24, 2.45) is 5.92 Å². The first-order valence-corrected chi connectivity index (χ1v) is 10.4. The van der Waals surface area contributed by atoms with Gasteiger partial charge < -0.3 is 10.6 Å². The number of piperidine rings is 1. The molecule has 1 aliphatic carbocycles. The third-order valence-corrected chi connectivity index (χ3v) is 7.55. The number of nitrogens with zero attached hydrogens (tertiary/aromatic N) is 1. The lowest BCUT2D eigenvalue weighted by Gasteiger charge is -2.30. The van der Waals surface area contributed by atoms with Crippen LogP contribution < -0.4 is 10.6 Å². The first-order valence-electron chi connectivity index (χ1n) is 8.07. The highest BCUT2D eigenvalue weighted by Gasteiger charge is 2.32. The van der Waals surface area contributed by atoms with E-state index in [9.17, 15) is 18.0 Å². The highest BCUT2D eigenvalue weighted by molar-refractivity contribution is 7.91. The summed E-state index contributed by atoms with van der Waals surface area (Å²) in [4.78, 5) is 23.7. The molecule has 2 heterocycles. The van der Waals surface area contributed by atoms with Gasteiger partial charge in [-0.3, -0.25) is 9.59 Å². The van der Waals surface area contributed by atoms with Crippen molar-refractivity contribution in [2.75, 3.05) is 19.6 Å². The van der Waals surface area contributed by atoms with Gasteiger partial charge in [-0.2, -0.15) is 4.31 Å². The summed E-state index contributed by atoms with van der Waals surface area (Å²) in [6.45, 7) is 0.641. The van der Waals surface area contributed by atoms with E-state index in [0.717, 1.165) is 12.8 Å². The standard InChI is InChI=1S/C15H21N3O4S2/c19-13(17-12-3-4-12)10-16-15(20)11-5-7-18(8-6-11)24(21,22)14-2-1-9-23-14/h1-2,9,11-12H,3-8,10H2,(H,16,20)(H,17,19). The van der Waals surface area contributed by atoms with E-state index in [-0.39, 0.29) is 30.3 Å². The molecule has 3 rings (SSSR count). The Morgan fingerprint density at radius 3 is 2.50 bits per heavy atom. The number of rotatable bonds is 6. The van der Waals surface area contributed by atoms with Gasteiger partial charge in [0.2, 0.25) is 11.8 Å². The average Bonchev–Trinajstić information content (AvgIpc) is 3.20. The molecule has 2 aliphatic rings. The molecule has 2 amide bonds. The van der Waals surface area contributed by atoms with E-state index in [1.165, 1.54) is 15.6 Å². The summed E-state index contributed by atoms with van der Waals surface area (Å²) in [5.74, 6) is -0.578. The summed E-state index contributed by atoms with van der Waals surface area (Å²) >= 11 is 1.20. The molecule has 0 unspecified atom stereocenters. The lowest BCUT2D eigenvalue weighted by Crippen LogP contribution is -2.45. The van der Waals surface area contributed by atoms with E-state index in [1.807, 2.05) is 0 Å². The van der Waals surface area contributed by atoms with Crippen LogP contribution in [0.2, 0.25) is 0 Å². The Kier molecular flexibility index (Phi) is 5.21. The molecule has 1 saturated heterocycles. The van der Waals surface area contributed by atoms with E-state index in [1.54, 1.807) is 17.5 Å². The lowest BCUT2D eigenvalue weighted by molar-refractivity contribution is -0.129. The normalized spacial score (nSPS) is 19.8. The molecule has 0 aromatic carbocycles. The van der Waals surface area contributed by atoms with Gasteiger partial charge in [-0.25, -0.2) is 8.42 Å². The van der Waals surface area contributed by atoms with Gasteiger partial charge in [-0.05, 0) is 37.1 Å². The quantitative estimate of drug-likeness (QED) is 0.763. The molecule has 1 aromatic heterocycles. The minimum atomic E-state index is -3.44. The number of thiophene rings is 1. The number of hydrogen-bond donors (Lipinski definition) is 2. The van der Waals surface area contributed by atoms with E-state index in [0.29, 0.717) is 30.1 Å². The zero-order valence-corrected chi connectivity index (χ0v) is 14.9. The van der Waals surface area contributed by atoms with Gasteiger partial charge in [-0.15, -0.1) is 11.3 Å². The van der Waals surface area contributed by atoms with Gasteiger partial charge in [0, 0.05) is 25.0 Å². The number of hydrogen-bond acceptors (Lipinski definition) is 5. The lowest BCUT2D eigenvalue weighted by atomic mass is 9.97. The van der Waals surface area contributed by atoms with Crippen molar-refractivity contribution in [3.05, 3.63) is 17.5 Å². The van der Waals surface area contributed by atoms with Crippen LogP contribution in [-0.2, 0) is 19.6 Å². The number of amides is 2. The van der Waals surface area contributed by atoms with E-state index >= 15 is 0 Å². The topological polar surface area (TPSA) is 95.6 Å². The zero-order chi connectivity index (χ0) is 17.2. The van der Waals surface area contributed by atoms with Crippen LogP contribution in [-0.4, -0.2) is 50.2 Å². The van der Waals surface area contributed by atoms with Gasteiger partial charge in [0.15, 0.2) is 0 Å². The van der Waals surface area contributed by atoms with E-state index in [2.05, 4.69) is 10.6 Å². The Balaban J connectivity index is 1.46. The molecular formula is C15H21N3O4S2. The maximum absolute atomic E-state index is 12.4. The van der Waals surface area contributed by atoms with Crippen molar-refractivity contribution in [3.8, 4) is 0 Å². The van der Waals surface area contributed by atoms with Crippen LogP contribution in [0.5, 0.6) is 0 Å². The Hall–Kier alpha value is -1.45. The van der Waals surface area contributed by atoms with Crippen LogP contribution in [0.4, 0.5) is 0 Å². The molecule has 2 fully saturated rings. The first-order chi connectivity index (χ1) is 11.5. The highest BCUT2D eigenvalue weighted by Crippen LogP contribution is 2.26. The smallest absolute Gasteiger partial charge is 0.252 e. The Morgan fingerprint density at radius 2 is 1.92 bits per heavy atom. The summed E-state index contributed by atoms with van der Waals surface area (Å²) < 4.78 is 26.6. The monoisotopic (exact) mass is 371 g/mol. The Morgan fingerprint density at radius 1 is 1.21 bits per heavy atom. The maximum Gasteiger partial charge on any atom is 0.252 e. The van der Waals surface area contributed by atoms with Gasteiger partial charge in [0.1, 0.15) is 4.21 Å². The highest BCUT2D eigenvalue weighted by atomic mass is 32.2. The maximum atomic E-state index is 12.4. The summed E-state index contributed by atoms with van der Waals surface area (Å²) in [6.07, 6.45) is 2.97. The van der Waals surface area contributed by atoms with Gasteiger partial charge in [-0.1, -0.05) is 6.07 Å². The first kappa shape index (κ1) is 17.4. The Labute approximate surface area is 145 Å². The minimum Gasteiger partial charge on any atom is -0.352 e. The van der Waals surface area contributed by atoms with Crippen molar-refractivity contribution in [2.45, 2.75) is 35.9 Å². The molecule has 1 aliphatic heterocycles. The van der Waals surface area contributed by atoms with Gasteiger partial charge in [0.05, 0.1) is 6.54 Å². The van der Waals surface area contributed by atoms with Crippen LogP contribution in [0.25, 0.3) is 0 Å². The fourth-order valence-electron chi connectivity index (χ4n) is 2.71. The molecule has 0 bridgehead atoms. The van der Waals surface area contributed by atoms with Crippen LogP contribution >= 0.6 is 11.3 Å². The molecule has 0 radical (unpaired) electrons. The minimum absolute atomic E-state index is 0.0109. The molecule has 0 spiro atoms. The summed E-state index contributed by atoms with van der Waals surface area (Å²) in [5, 5.41) is 7.20. The molecule has 1 saturated carbocycles. The average molecular weight is 371 g/mol. The Bertz CT molecular complexity index is 690. The second-order valence-corrected chi connectivity index (χ2v) is 9.28. The SMILES string of the molecule is O=C(CNC(=O)C1CCN(S(=O)(=O)c2cccs2)CC1)NC1CC1. The summed E-state index contributed by atoms with van der Waals surface area (Å²) in [6, 6.07) is 3.59. The second-order valence-electron chi connectivity index (χ2n) is 6.17. The van der Waals surface area contributed by atoms with Crippen molar-refractivity contribution in [3.63, 3.8) is 0 Å². The molecule has 1 aromatic rings. The van der Waals surface area contributed by atoms with Crippen LogP contribution in [0.1, 0.15) is 25.7 Å². The molecule has 132 valence electrons. The van der Waals surface area contributed by atoms with Crippen molar-refractivity contribution < 1.29 is 18.0 Å². The predicted molar refractivity (Wildman–Crippen MR) is 90.0 cm³/mol. The number of nitrogens with one attached hydrogen (secondary N) is 2. The third-order valence-electron chi connectivity index (χ3n) is 4.28. The number of sulfonamides is 1. The van der Waals surface area contributed by atoms with Crippen LogP contribution in [0, 0.1) is 5.92 Å². The van der Waals surface area contributed by atoms with Crippen molar-refractivity contribution in [1.29, 1.82) is 0 Å². The third kappa shape index (κ3) is 4.14. The fraction of sp³-hybridized carbons (Fsp3) is 0.600. The van der Waals surface area contributed by atoms with Gasteiger partial charge in [0.25, 0.3) is 10.0 Å². The molecular weight excluding hydrogens is 350 g/mol. The fourth-order valence-corrected chi connectivity index (χ4v) is 5.33. The van der Waals surface area contributed by atoms with E-state index < -0.39 is 10.0 Å². The van der Waals surface area contributed by atoms with E-state index in [4.69, 9.17) is 0 Å². The number of carbonyl (C=O) groups is 2. The summed E-state index contributed by atoms with van der Waals surface area (Å²) in [5.41, 5.74) is 0. The number of carbonyl (C=O) groups excluding carboxylic acids is 2. The molecule has 9 heteroatoms. The van der Waals surface area contributed by atoms with Crippen LogP contribution in [0.3, 0.4) is 0 Å².